The number of morpholine rings is 1. The van der Waals surface area contributed by atoms with Gasteiger partial charge < -0.3 is 10.1 Å². The average molecular weight is 463 g/mol. The number of benzene rings is 2. The minimum absolute atomic E-state index is 0.142. The lowest BCUT2D eigenvalue weighted by Crippen LogP contribution is -2.42. The van der Waals surface area contributed by atoms with Crippen molar-refractivity contribution in [3.8, 4) is 0 Å². The van der Waals surface area contributed by atoms with E-state index in [1.807, 2.05) is 0 Å². The van der Waals surface area contributed by atoms with Crippen molar-refractivity contribution in [2.24, 2.45) is 0 Å². The summed E-state index contributed by atoms with van der Waals surface area (Å²) in [5.74, 6) is -0.991. The molecule has 0 unspecified atom stereocenters. The topological polar surface area (TPSA) is 103 Å². The van der Waals surface area contributed by atoms with E-state index < -0.39 is 27.4 Å². The van der Waals surface area contributed by atoms with E-state index >= 15 is 0 Å². The van der Waals surface area contributed by atoms with Crippen LogP contribution in [0.25, 0.3) is 11.0 Å². The first-order valence-electron chi connectivity index (χ1n) is 10.2. The van der Waals surface area contributed by atoms with Gasteiger partial charge in [-0.3, -0.25) is 14.3 Å². The van der Waals surface area contributed by atoms with E-state index in [0.717, 1.165) is 41.9 Å². The van der Waals surface area contributed by atoms with Gasteiger partial charge in [0.15, 0.2) is 0 Å². The van der Waals surface area contributed by atoms with Gasteiger partial charge in [-0.25, -0.2) is 17.6 Å². The van der Waals surface area contributed by atoms with Crippen molar-refractivity contribution in [3.63, 3.8) is 0 Å². The number of nitrogens with zero attached hydrogens (tertiary/aromatic N) is 3. The zero-order valence-electron chi connectivity index (χ0n) is 17.2. The Labute approximate surface area is 184 Å². The Morgan fingerprint density at radius 3 is 2.38 bits per heavy atom. The number of halogens is 1. The molecule has 3 aromatic rings. The van der Waals surface area contributed by atoms with Crippen molar-refractivity contribution in [3.05, 3.63) is 64.8 Å². The van der Waals surface area contributed by atoms with Crippen LogP contribution in [0.15, 0.2) is 58.2 Å². The molecular formula is C21H23FN4O5S. The Balaban J connectivity index is 1.59. The fourth-order valence-corrected chi connectivity index (χ4v) is 5.06. The number of para-hydroxylation sites is 2. The first-order valence-corrected chi connectivity index (χ1v) is 11.6. The number of hydrogen-bond acceptors (Lipinski definition) is 6. The summed E-state index contributed by atoms with van der Waals surface area (Å²) in [7, 11) is -4.29. The zero-order valence-corrected chi connectivity index (χ0v) is 18.1. The van der Waals surface area contributed by atoms with Crippen LogP contribution >= 0.6 is 0 Å². The third-order valence-electron chi connectivity index (χ3n) is 5.30. The maximum atomic E-state index is 13.3. The number of hydrogen-bond donors (Lipinski definition) is 1. The fourth-order valence-electron chi connectivity index (χ4n) is 3.65. The normalized spacial score (nSPS) is 15.2. The first-order chi connectivity index (χ1) is 15.4. The van der Waals surface area contributed by atoms with E-state index in [-0.39, 0.29) is 17.0 Å². The molecule has 0 spiro atoms. The summed E-state index contributed by atoms with van der Waals surface area (Å²) in [5.41, 5.74) is -0.409. The summed E-state index contributed by atoms with van der Waals surface area (Å²) in [6.45, 7) is 3.64. The summed E-state index contributed by atoms with van der Waals surface area (Å²) in [6.07, 6.45) is 0. The summed E-state index contributed by atoms with van der Waals surface area (Å²) in [4.78, 5) is 27.5. The molecule has 1 fully saturated rings. The summed E-state index contributed by atoms with van der Waals surface area (Å²) < 4.78 is 46.6. The first kappa shape index (κ1) is 22.2. The summed E-state index contributed by atoms with van der Waals surface area (Å²) in [5, 5.41) is 2.77. The number of aromatic nitrogens is 2. The number of amides is 1. The number of carbonyl (C=O) groups excluding carboxylic acids is 1. The van der Waals surface area contributed by atoms with E-state index in [2.05, 4.69) is 10.2 Å². The molecule has 1 aliphatic heterocycles. The van der Waals surface area contributed by atoms with Crippen LogP contribution in [-0.4, -0.2) is 67.2 Å². The second-order valence-corrected chi connectivity index (χ2v) is 9.17. The molecule has 2 aromatic carbocycles. The highest BCUT2D eigenvalue weighted by Gasteiger charge is 2.26. The third kappa shape index (κ3) is 4.45. The molecule has 11 heteroatoms. The quantitative estimate of drug-likeness (QED) is 0.553. The van der Waals surface area contributed by atoms with Crippen LogP contribution < -0.4 is 11.0 Å². The second-order valence-electron chi connectivity index (χ2n) is 7.38. The van der Waals surface area contributed by atoms with Gasteiger partial charge in [0.1, 0.15) is 12.4 Å². The van der Waals surface area contributed by atoms with Gasteiger partial charge in [0.25, 0.3) is 10.0 Å². The molecule has 0 radical (unpaired) electrons. The number of rotatable bonds is 7. The minimum Gasteiger partial charge on any atom is -0.379 e. The van der Waals surface area contributed by atoms with Gasteiger partial charge in [0, 0.05) is 26.2 Å². The van der Waals surface area contributed by atoms with Crippen LogP contribution in [0, 0.1) is 5.82 Å². The molecular weight excluding hydrogens is 439 g/mol. The van der Waals surface area contributed by atoms with Crippen molar-refractivity contribution in [1.82, 2.24) is 18.8 Å². The molecule has 0 bridgehead atoms. The van der Waals surface area contributed by atoms with Crippen LogP contribution in [0.2, 0.25) is 0 Å². The van der Waals surface area contributed by atoms with E-state index in [4.69, 9.17) is 4.74 Å². The van der Waals surface area contributed by atoms with Gasteiger partial charge in [-0.15, -0.1) is 0 Å². The second kappa shape index (κ2) is 9.23. The molecule has 9 nitrogen and oxygen atoms in total. The Hall–Kier alpha value is -3.02. The van der Waals surface area contributed by atoms with E-state index in [0.29, 0.717) is 35.8 Å². The van der Waals surface area contributed by atoms with Crippen LogP contribution in [0.3, 0.4) is 0 Å². The summed E-state index contributed by atoms with van der Waals surface area (Å²) in [6, 6.07) is 10.6. The van der Waals surface area contributed by atoms with Gasteiger partial charge >= 0.3 is 5.69 Å². The van der Waals surface area contributed by atoms with Gasteiger partial charge in [-0.1, -0.05) is 12.1 Å². The van der Waals surface area contributed by atoms with Crippen molar-refractivity contribution >= 4 is 27.0 Å². The number of imidazole rings is 1. The van der Waals surface area contributed by atoms with Crippen LogP contribution in [0.5, 0.6) is 0 Å². The SMILES string of the molecule is O=C(Cn1c(=O)n(S(=O)(=O)c2ccc(F)cc2)c2ccccc21)NCCN1CCOCC1. The van der Waals surface area contributed by atoms with Crippen LogP contribution in [0.4, 0.5) is 4.39 Å². The van der Waals surface area contributed by atoms with E-state index in [1.165, 1.54) is 6.07 Å². The monoisotopic (exact) mass is 462 g/mol. The molecule has 4 rings (SSSR count). The molecule has 1 amide bonds. The molecule has 1 aromatic heterocycles. The van der Waals surface area contributed by atoms with Crippen molar-refractivity contribution in [2.75, 3.05) is 39.4 Å². The third-order valence-corrected chi connectivity index (χ3v) is 7.00. The average Bonchev–Trinajstić information content (AvgIpc) is 3.07. The Morgan fingerprint density at radius 2 is 1.69 bits per heavy atom. The molecule has 2 heterocycles. The predicted molar refractivity (Wildman–Crippen MR) is 115 cm³/mol. The summed E-state index contributed by atoms with van der Waals surface area (Å²) >= 11 is 0. The maximum absolute atomic E-state index is 13.3. The Morgan fingerprint density at radius 1 is 1.03 bits per heavy atom. The van der Waals surface area contributed by atoms with E-state index in [9.17, 15) is 22.4 Å². The molecule has 32 heavy (non-hydrogen) atoms. The molecule has 0 atom stereocenters. The largest absolute Gasteiger partial charge is 0.379 e. The number of ether oxygens (including phenoxy) is 1. The van der Waals surface area contributed by atoms with Crippen molar-refractivity contribution < 1.29 is 22.3 Å². The highest BCUT2D eigenvalue weighted by atomic mass is 32.2. The Bertz CT molecular complexity index is 1280. The lowest BCUT2D eigenvalue weighted by atomic mass is 10.3. The van der Waals surface area contributed by atoms with Gasteiger partial charge in [-0.2, -0.15) is 3.97 Å². The Kier molecular flexibility index (Phi) is 6.40. The van der Waals surface area contributed by atoms with Crippen LogP contribution in [0.1, 0.15) is 0 Å². The highest BCUT2D eigenvalue weighted by molar-refractivity contribution is 7.90. The molecule has 0 saturated carbocycles. The lowest BCUT2D eigenvalue weighted by Gasteiger charge is -2.26. The smallest absolute Gasteiger partial charge is 0.343 e. The minimum atomic E-state index is -4.29. The van der Waals surface area contributed by atoms with Crippen molar-refractivity contribution in [2.45, 2.75) is 11.4 Å². The predicted octanol–water partition coefficient (Wildman–Crippen LogP) is 0.628. The zero-order chi connectivity index (χ0) is 22.7. The highest BCUT2D eigenvalue weighted by Crippen LogP contribution is 2.20. The molecule has 1 N–H and O–H groups in total. The van der Waals surface area contributed by atoms with Crippen molar-refractivity contribution in [1.29, 1.82) is 0 Å². The van der Waals surface area contributed by atoms with Gasteiger partial charge in [-0.05, 0) is 36.4 Å². The van der Waals surface area contributed by atoms with Crippen LogP contribution in [-0.2, 0) is 26.1 Å². The van der Waals surface area contributed by atoms with E-state index in [1.54, 1.807) is 18.2 Å². The molecule has 170 valence electrons. The number of fused-ring (bicyclic) bond motifs is 1. The van der Waals surface area contributed by atoms with Gasteiger partial charge in [0.2, 0.25) is 5.91 Å². The van der Waals surface area contributed by atoms with Gasteiger partial charge in [0.05, 0.1) is 29.1 Å². The number of carbonyl (C=O) groups is 1. The standard InChI is InChI=1S/C21H23FN4O5S/c22-16-5-7-17(8-6-16)32(29,30)26-19-4-2-1-3-18(19)25(21(26)28)15-20(27)23-9-10-24-11-13-31-14-12-24/h1-8H,9-15H2,(H,23,27). The molecule has 1 saturated heterocycles. The lowest BCUT2D eigenvalue weighted by molar-refractivity contribution is -0.121. The molecule has 1 aliphatic rings. The fraction of sp³-hybridized carbons (Fsp3) is 0.333. The molecule has 0 aliphatic carbocycles. The number of nitrogens with one attached hydrogen (secondary N) is 1. The maximum Gasteiger partial charge on any atom is 0.343 e.